The minimum atomic E-state index is -0.508. The molecule has 0 saturated heterocycles. The molecule has 0 radical (unpaired) electrons. The molecule has 1 aromatic heterocycles. The maximum Gasteiger partial charge on any atom is 0.271 e. The molecule has 21 heavy (non-hydrogen) atoms. The van der Waals surface area contributed by atoms with E-state index in [0.29, 0.717) is 17.0 Å². The smallest absolute Gasteiger partial charge is 0.271 e. The number of halogens is 1. The molecule has 1 amide bonds. The molecule has 0 saturated carbocycles. The number of nitrogens with one attached hydrogen (secondary N) is 1. The van der Waals surface area contributed by atoms with Gasteiger partial charge in [0.05, 0.1) is 24.6 Å². The summed E-state index contributed by atoms with van der Waals surface area (Å²) in [6.45, 7) is 1.66. The molecular weight excluding hydrogens is 275 g/mol. The van der Waals surface area contributed by atoms with Gasteiger partial charge in [-0.1, -0.05) is 6.07 Å². The predicted octanol–water partition coefficient (Wildman–Crippen LogP) is 1.64. The Morgan fingerprint density at radius 1 is 1.52 bits per heavy atom. The zero-order valence-corrected chi connectivity index (χ0v) is 11.9. The monoisotopic (exact) mass is 290 g/mol. The first kappa shape index (κ1) is 14.7. The van der Waals surface area contributed by atoms with Crippen molar-refractivity contribution in [1.82, 2.24) is 15.2 Å². The molecule has 110 valence electrons. The van der Waals surface area contributed by atoms with Gasteiger partial charge in [0.25, 0.3) is 5.91 Å². The highest BCUT2D eigenvalue weighted by Crippen LogP contribution is 2.12. The Balaban J connectivity index is 2.08. The molecule has 0 spiro atoms. The van der Waals surface area contributed by atoms with Crippen LogP contribution in [0.25, 0.3) is 0 Å². The fourth-order valence-corrected chi connectivity index (χ4v) is 1.78. The number of nitrogens with zero attached hydrogens (tertiary/aromatic N) is 3. The number of hydrogen-bond acceptors (Lipinski definition) is 4. The van der Waals surface area contributed by atoms with Gasteiger partial charge in [-0.15, -0.1) is 0 Å². The lowest BCUT2D eigenvalue weighted by Crippen LogP contribution is -2.17. The number of aromatic nitrogens is 2. The van der Waals surface area contributed by atoms with E-state index in [2.05, 4.69) is 15.6 Å². The number of hydrazone groups is 1. The van der Waals surface area contributed by atoms with Crippen LogP contribution in [0.4, 0.5) is 4.39 Å². The summed E-state index contributed by atoms with van der Waals surface area (Å²) in [6.07, 6.45) is 1.23. The molecule has 2 rings (SSSR count). The summed E-state index contributed by atoms with van der Waals surface area (Å²) in [5, 5.41) is 7.66. The molecule has 0 atom stereocenters. The minimum absolute atomic E-state index is 0.239. The number of ether oxygens (including phenoxy) is 1. The molecule has 0 fully saturated rings. The van der Waals surface area contributed by atoms with Crippen molar-refractivity contribution in [2.45, 2.75) is 6.92 Å². The Kier molecular flexibility index (Phi) is 4.32. The standard InChI is InChI=1S/C14H15FN4O2/c1-9-12(13(15)19(2)18-9)8-16-17-14(20)10-5-4-6-11(7-10)21-3/h4-8H,1-3H3,(H,17,20)/b16-8+. The second-order valence-corrected chi connectivity index (χ2v) is 4.34. The zero-order chi connectivity index (χ0) is 15.4. The average Bonchev–Trinajstić information content (AvgIpc) is 2.73. The van der Waals surface area contributed by atoms with Gasteiger partial charge in [0, 0.05) is 12.6 Å². The molecule has 0 aliphatic rings. The molecule has 1 heterocycles. The lowest BCUT2D eigenvalue weighted by molar-refractivity contribution is 0.0954. The van der Waals surface area contributed by atoms with Crippen molar-refractivity contribution < 1.29 is 13.9 Å². The number of benzene rings is 1. The normalized spacial score (nSPS) is 10.9. The van der Waals surface area contributed by atoms with Crippen LogP contribution in [0, 0.1) is 12.9 Å². The Bertz CT molecular complexity index is 694. The van der Waals surface area contributed by atoms with Crippen molar-refractivity contribution in [2.75, 3.05) is 7.11 Å². The van der Waals surface area contributed by atoms with E-state index in [9.17, 15) is 9.18 Å². The van der Waals surface area contributed by atoms with E-state index in [0.717, 1.165) is 4.68 Å². The van der Waals surface area contributed by atoms with Crippen molar-refractivity contribution in [3.8, 4) is 5.75 Å². The van der Waals surface area contributed by atoms with Gasteiger partial charge < -0.3 is 4.74 Å². The Morgan fingerprint density at radius 3 is 2.90 bits per heavy atom. The predicted molar refractivity (Wildman–Crippen MR) is 76.0 cm³/mol. The third-order valence-electron chi connectivity index (χ3n) is 2.89. The van der Waals surface area contributed by atoms with Crippen LogP contribution >= 0.6 is 0 Å². The number of aryl methyl sites for hydroxylation is 2. The number of carbonyl (C=O) groups excluding carboxylic acids is 1. The van der Waals surface area contributed by atoms with Crippen LogP contribution in [0.15, 0.2) is 29.4 Å². The lowest BCUT2D eigenvalue weighted by atomic mass is 10.2. The molecule has 2 aromatic rings. The SMILES string of the molecule is COc1cccc(C(=O)N/N=C/c2c(C)nn(C)c2F)c1. The van der Waals surface area contributed by atoms with Crippen LogP contribution in [0.3, 0.4) is 0 Å². The van der Waals surface area contributed by atoms with Gasteiger partial charge >= 0.3 is 0 Å². The maximum absolute atomic E-state index is 13.6. The maximum atomic E-state index is 13.6. The first-order valence-corrected chi connectivity index (χ1v) is 6.19. The van der Waals surface area contributed by atoms with E-state index in [-0.39, 0.29) is 5.56 Å². The van der Waals surface area contributed by atoms with E-state index in [1.54, 1.807) is 31.2 Å². The Hall–Kier alpha value is -2.70. The second-order valence-electron chi connectivity index (χ2n) is 4.34. The second kappa shape index (κ2) is 6.17. The summed E-state index contributed by atoms with van der Waals surface area (Å²) in [6, 6.07) is 6.64. The van der Waals surface area contributed by atoms with E-state index in [1.165, 1.54) is 20.4 Å². The Morgan fingerprint density at radius 2 is 2.29 bits per heavy atom. The minimum Gasteiger partial charge on any atom is -0.497 e. The topological polar surface area (TPSA) is 68.5 Å². The number of methoxy groups -OCH3 is 1. The van der Waals surface area contributed by atoms with Crippen molar-refractivity contribution >= 4 is 12.1 Å². The Labute approximate surface area is 121 Å². The van der Waals surface area contributed by atoms with Gasteiger partial charge in [0.2, 0.25) is 5.95 Å². The molecule has 0 bridgehead atoms. The lowest BCUT2D eigenvalue weighted by Gasteiger charge is -2.02. The summed E-state index contributed by atoms with van der Waals surface area (Å²) in [4.78, 5) is 11.9. The fraction of sp³-hybridized carbons (Fsp3) is 0.214. The van der Waals surface area contributed by atoms with Crippen LogP contribution in [-0.2, 0) is 7.05 Å². The van der Waals surface area contributed by atoms with Gasteiger partial charge in [-0.25, -0.2) is 10.1 Å². The van der Waals surface area contributed by atoms with Crippen LogP contribution in [0.5, 0.6) is 5.75 Å². The third kappa shape index (κ3) is 3.25. The quantitative estimate of drug-likeness (QED) is 0.687. The number of carbonyl (C=O) groups is 1. The van der Waals surface area contributed by atoms with Gasteiger partial charge in [0.15, 0.2) is 0 Å². The molecule has 0 aliphatic carbocycles. The first-order chi connectivity index (χ1) is 10.0. The van der Waals surface area contributed by atoms with E-state index < -0.39 is 11.9 Å². The molecular formula is C14H15FN4O2. The van der Waals surface area contributed by atoms with Crippen LogP contribution in [0.1, 0.15) is 21.6 Å². The van der Waals surface area contributed by atoms with Gasteiger partial charge in [0.1, 0.15) is 5.75 Å². The summed E-state index contributed by atoms with van der Waals surface area (Å²) < 4.78 is 19.8. The van der Waals surface area contributed by atoms with E-state index in [4.69, 9.17) is 4.74 Å². The zero-order valence-electron chi connectivity index (χ0n) is 11.9. The van der Waals surface area contributed by atoms with Crippen LogP contribution < -0.4 is 10.2 Å². The first-order valence-electron chi connectivity index (χ1n) is 6.19. The number of hydrogen-bond donors (Lipinski definition) is 1. The van der Waals surface area contributed by atoms with Gasteiger partial charge in [-0.2, -0.15) is 14.6 Å². The van der Waals surface area contributed by atoms with E-state index in [1.807, 2.05) is 0 Å². The summed E-state index contributed by atoms with van der Waals surface area (Å²) in [7, 11) is 3.01. The van der Waals surface area contributed by atoms with Crippen LogP contribution in [0.2, 0.25) is 0 Å². The summed E-state index contributed by atoms with van der Waals surface area (Å²) in [5.41, 5.74) is 3.47. The molecule has 1 N–H and O–H groups in total. The van der Waals surface area contributed by atoms with Crippen molar-refractivity contribution in [3.05, 3.63) is 47.0 Å². The average molecular weight is 290 g/mol. The van der Waals surface area contributed by atoms with Crippen molar-refractivity contribution in [2.24, 2.45) is 12.1 Å². The number of amides is 1. The molecule has 7 heteroatoms. The highest BCUT2D eigenvalue weighted by Gasteiger charge is 2.11. The highest BCUT2D eigenvalue weighted by atomic mass is 19.1. The van der Waals surface area contributed by atoms with Crippen LogP contribution in [-0.4, -0.2) is 29.0 Å². The van der Waals surface area contributed by atoms with E-state index >= 15 is 0 Å². The largest absolute Gasteiger partial charge is 0.497 e. The highest BCUT2D eigenvalue weighted by molar-refractivity contribution is 5.95. The fourth-order valence-electron chi connectivity index (χ4n) is 1.78. The summed E-state index contributed by atoms with van der Waals surface area (Å²) in [5.74, 6) is -0.347. The van der Waals surface area contributed by atoms with Gasteiger partial charge in [-0.3, -0.25) is 4.79 Å². The van der Waals surface area contributed by atoms with Crippen molar-refractivity contribution in [3.63, 3.8) is 0 Å². The molecule has 0 unspecified atom stereocenters. The number of rotatable bonds is 4. The molecule has 1 aromatic carbocycles. The third-order valence-corrected chi connectivity index (χ3v) is 2.89. The summed E-state index contributed by atoms with van der Waals surface area (Å²) >= 11 is 0. The molecule has 6 nitrogen and oxygen atoms in total. The van der Waals surface area contributed by atoms with Crippen molar-refractivity contribution in [1.29, 1.82) is 0 Å². The molecule has 0 aliphatic heterocycles. The van der Waals surface area contributed by atoms with Gasteiger partial charge in [-0.05, 0) is 25.1 Å².